The fourth-order valence-corrected chi connectivity index (χ4v) is 2.71. The van der Waals surface area contributed by atoms with Crippen molar-refractivity contribution >= 4 is 10.9 Å². The summed E-state index contributed by atoms with van der Waals surface area (Å²) in [6.45, 7) is 4.19. The van der Waals surface area contributed by atoms with Gasteiger partial charge in [-0.25, -0.2) is 0 Å². The molecular formula is C17H19N3. The van der Waals surface area contributed by atoms with Crippen LogP contribution >= 0.6 is 0 Å². The van der Waals surface area contributed by atoms with E-state index in [4.69, 9.17) is 5.73 Å². The second-order valence-corrected chi connectivity index (χ2v) is 5.36. The fourth-order valence-electron chi connectivity index (χ4n) is 2.71. The van der Waals surface area contributed by atoms with E-state index in [1.807, 2.05) is 23.9 Å². The molecule has 1 heterocycles. The molecule has 3 nitrogen and oxygen atoms in total. The minimum atomic E-state index is -0.194. The summed E-state index contributed by atoms with van der Waals surface area (Å²) < 4.78 is 1.90. The lowest BCUT2D eigenvalue weighted by Crippen LogP contribution is -2.14. The van der Waals surface area contributed by atoms with Crippen LogP contribution in [0.4, 0.5) is 0 Å². The summed E-state index contributed by atoms with van der Waals surface area (Å²) in [4.78, 5) is 0. The van der Waals surface area contributed by atoms with Gasteiger partial charge in [0.25, 0.3) is 0 Å². The lowest BCUT2D eigenvalue weighted by molar-refractivity contribution is 0.730. The van der Waals surface area contributed by atoms with Gasteiger partial charge in [0.1, 0.15) is 0 Å². The average Bonchev–Trinajstić information content (AvgIpc) is 2.79. The summed E-state index contributed by atoms with van der Waals surface area (Å²) >= 11 is 0. The molecule has 0 spiro atoms. The van der Waals surface area contributed by atoms with E-state index in [1.165, 1.54) is 11.1 Å². The van der Waals surface area contributed by atoms with Gasteiger partial charge in [-0.15, -0.1) is 0 Å². The van der Waals surface area contributed by atoms with Gasteiger partial charge in [-0.2, -0.15) is 5.10 Å². The lowest BCUT2D eigenvalue weighted by atomic mass is 9.96. The first-order chi connectivity index (χ1) is 9.58. The molecule has 0 amide bonds. The molecular weight excluding hydrogens is 246 g/mol. The minimum Gasteiger partial charge on any atom is -0.319 e. The molecule has 2 aromatic carbocycles. The van der Waals surface area contributed by atoms with Crippen molar-refractivity contribution in [1.82, 2.24) is 9.78 Å². The van der Waals surface area contributed by atoms with Crippen LogP contribution in [0.5, 0.6) is 0 Å². The van der Waals surface area contributed by atoms with Crippen LogP contribution in [0.1, 0.15) is 28.4 Å². The van der Waals surface area contributed by atoms with Crippen molar-refractivity contribution < 1.29 is 0 Å². The van der Waals surface area contributed by atoms with Gasteiger partial charge in [0.15, 0.2) is 0 Å². The summed E-state index contributed by atoms with van der Waals surface area (Å²) in [6.07, 6.45) is 0. The molecule has 3 heteroatoms. The van der Waals surface area contributed by atoms with E-state index in [0.717, 1.165) is 22.2 Å². The summed E-state index contributed by atoms with van der Waals surface area (Å²) in [6, 6.07) is 14.4. The molecule has 0 saturated heterocycles. The monoisotopic (exact) mass is 265 g/mol. The Morgan fingerprint density at radius 1 is 1.10 bits per heavy atom. The highest BCUT2D eigenvalue weighted by molar-refractivity contribution is 5.82. The highest BCUT2D eigenvalue weighted by Crippen LogP contribution is 2.28. The molecule has 1 aromatic heterocycles. The van der Waals surface area contributed by atoms with E-state index in [1.54, 1.807) is 0 Å². The topological polar surface area (TPSA) is 43.8 Å². The van der Waals surface area contributed by atoms with Crippen molar-refractivity contribution in [1.29, 1.82) is 0 Å². The van der Waals surface area contributed by atoms with Crippen LogP contribution in [0.25, 0.3) is 10.9 Å². The third-order valence-corrected chi connectivity index (χ3v) is 3.85. The Kier molecular flexibility index (Phi) is 3.07. The standard InChI is InChI=1S/C17H19N3/c1-11-8-9-12(2)14(10-11)16(18)17-13-6-4-5-7-15(13)20(3)19-17/h4-10,16H,18H2,1-3H3. The number of hydrogen-bond acceptors (Lipinski definition) is 2. The number of fused-ring (bicyclic) bond motifs is 1. The second-order valence-electron chi connectivity index (χ2n) is 5.36. The van der Waals surface area contributed by atoms with Gasteiger partial charge in [-0.1, -0.05) is 42.0 Å². The molecule has 3 aromatic rings. The van der Waals surface area contributed by atoms with E-state index in [2.05, 4.69) is 49.3 Å². The molecule has 1 unspecified atom stereocenters. The maximum absolute atomic E-state index is 6.49. The van der Waals surface area contributed by atoms with Gasteiger partial charge in [0.05, 0.1) is 17.3 Å². The molecule has 0 bridgehead atoms. The number of aromatic nitrogens is 2. The zero-order valence-corrected chi connectivity index (χ0v) is 12.1. The molecule has 102 valence electrons. The summed E-state index contributed by atoms with van der Waals surface area (Å²) in [5.74, 6) is 0. The normalized spacial score (nSPS) is 12.8. The van der Waals surface area contributed by atoms with Crippen LogP contribution in [0, 0.1) is 13.8 Å². The number of nitrogens with zero attached hydrogens (tertiary/aromatic N) is 2. The van der Waals surface area contributed by atoms with E-state index in [0.29, 0.717) is 0 Å². The number of aryl methyl sites for hydroxylation is 3. The van der Waals surface area contributed by atoms with Crippen molar-refractivity contribution in [2.75, 3.05) is 0 Å². The van der Waals surface area contributed by atoms with Crippen LogP contribution in [0.3, 0.4) is 0 Å². The number of para-hydroxylation sites is 1. The molecule has 0 saturated carbocycles. The molecule has 20 heavy (non-hydrogen) atoms. The SMILES string of the molecule is Cc1ccc(C)c(C(N)c2nn(C)c3ccccc23)c1. The van der Waals surface area contributed by atoms with E-state index in [-0.39, 0.29) is 6.04 Å². The predicted molar refractivity (Wildman–Crippen MR) is 82.7 cm³/mol. The Morgan fingerprint density at radius 3 is 2.65 bits per heavy atom. The van der Waals surface area contributed by atoms with Crippen LogP contribution in [-0.2, 0) is 7.05 Å². The number of nitrogens with two attached hydrogens (primary N) is 1. The lowest BCUT2D eigenvalue weighted by Gasteiger charge is -2.14. The fraction of sp³-hybridized carbons (Fsp3) is 0.235. The third-order valence-electron chi connectivity index (χ3n) is 3.85. The van der Waals surface area contributed by atoms with Crippen LogP contribution in [0.2, 0.25) is 0 Å². The quantitative estimate of drug-likeness (QED) is 0.773. The number of benzene rings is 2. The summed E-state index contributed by atoms with van der Waals surface area (Å²) in [7, 11) is 1.96. The first-order valence-electron chi connectivity index (χ1n) is 6.82. The second kappa shape index (κ2) is 4.76. The van der Waals surface area contributed by atoms with E-state index >= 15 is 0 Å². The van der Waals surface area contributed by atoms with Crippen molar-refractivity contribution in [2.24, 2.45) is 12.8 Å². The maximum atomic E-state index is 6.49. The Bertz CT molecular complexity index is 771. The van der Waals surface area contributed by atoms with Gasteiger partial charge in [0, 0.05) is 12.4 Å². The Hall–Kier alpha value is -2.13. The predicted octanol–water partition coefficient (Wildman–Crippen LogP) is 3.24. The van der Waals surface area contributed by atoms with Gasteiger partial charge in [-0.05, 0) is 31.0 Å². The van der Waals surface area contributed by atoms with Crippen LogP contribution < -0.4 is 5.73 Å². The van der Waals surface area contributed by atoms with Crippen molar-refractivity contribution in [3.8, 4) is 0 Å². The van der Waals surface area contributed by atoms with Crippen molar-refractivity contribution in [3.63, 3.8) is 0 Å². The largest absolute Gasteiger partial charge is 0.319 e. The number of rotatable bonds is 2. The zero-order valence-electron chi connectivity index (χ0n) is 12.1. The first-order valence-corrected chi connectivity index (χ1v) is 6.82. The molecule has 2 N–H and O–H groups in total. The van der Waals surface area contributed by atoms with Gasteiger partial charge in [0.2, 0.25) is 0 Å². The maximum Gasteiger partial charge on any atom is 0.0915 e. The molecule has 0 aliphatic carbocycles. The highest BCUT2D eigenvalue weighted by Gasteiger charge is 2.18. The number of hydrogen-bond donors (Lipinski definition) is 1. The molecule has 1 atom stereocenters. The summed E-state index contributed by atoms with van der Waals surface area (Å²) in [5.41, 5.74) is 12.1. The molecule has 0 aliphatic rings. The first kappa shape index (κ1) is 12.9. The van der Waals surface area contributed by atoms with E-state index < -0.39 is 0 Å². The van der Waals surface area contributed by atoms with E-state index in [9.17, 15) is 0 Å². The Morgan fingerprint density at radius 2 is 1.85 bits per heavy atom. The Balaban J connectivity index is 2.18. The summed E-state index contributed by atoms with van der Waals surface area (Å²) in [5, 5.41) is 5.76. The molecule has 0 fully saturated rings. The van der Waals surface area contributed by atoms with Crippen molar-refractivity contribution in [2.45, 2.75) is 19.9 Å². The van der Waals surface area contributed by atoms with Crippen LogP contribution in [0.15, 0.2) is 42.5 Å². The van der Waals surface area contributed by atoms with Gasteiger partial charge in [-0.3, -0.25) is 4.68 Å². The third kappa shape index (κ3) is 2.00. The van der Waals surface area contributed by atoms with Crippen LogP contribution in [-0.4, -0.2) is 9.78 Å². The minimum absolute atomic E-state index is 0.194. The molecule has 3 rings (SSSR count). The zero-order chi connectivity index (χ0) is 14.3. The molecule has 0 radical (unpaired) electrons. The van der Waals surface area contributed by atoms with Gasteiger partial charge >= 0.3 is 0 Å². The molecule has 0 aliphatic heterocycles. The van der Waals surface area contributed by atoms with Gasteiger partial charge < -0.3 is 5.73 Å². The highest BCUT2D eigenvalue weighted by atomic mass is 15.3. The van der Waals surface area contributed by atoms with Crippen molar-refractivity contribution in [3.05, 3.63) is 64.8 Å². The Labute approximate surface area is 119 Å². The smallest absolute Gasteiger partial charge is 0.0915 e. The average molecular weight is 265 g/mol.